The fraction of sp³-hybridized carbons (Fsp3) is 0.632. The molecule has 1 atom stereocenters. The molecule has 6 nitrogen and oxygen atoms in total. The number of nitrogens with zero attached hydrogens (tertiary/aromatic N) is 3. The first-order valence-corrected chi connectivity index (χ1v) is 9.09. The van der Waals surface area contributed by atoms with E-state index in [2.05, 4.69) is 4.98 Å². The number of rotatable bonds is 2. The van der Waals surface area contributed by atoms with Crippen LogP contribution in [0.15, 0.2) is 18.5 Å². The molecule has 6 heteroatoms. The van der Waals surface area contributed by atoms with E-state index in [0.717, 1.165) is 24.9 Å². The summed E-state index contributed by atoms with van der Waals surface area (Å²) < 4.78 is 6.03. The van der Waals surface area contributed by atoms with Crippen LogP contribution in [0.4, 0.5) is 0 Å². The summed E-state index contributed by atoms with van der Waals surface area (Å²) in [7, 11) is 0. The van der Waals surface area contributed by atoms with E-state index in [9.17, 15) is 9.59 Å². The number of ether oxygens (including phenoxy) is 1. The summed E-state index contributed by atoms with van der Waals surface area (Å²) in [5.74, 6) is -0.0142. The van der Waals surface area contributed by atoms with E-state index in [4.69, 9.17) is 4.74 Å². The molecule has 25 heavy (non-hydrogen) atoms. The fourth-order valence-electron chi connectivity index (χ4n) is 3.78. The highest BCUT2D eigenvalue weighted by atomic mass is 16.5. The average molecular weight is 345 g/mol. The van der Waals surface area contributed by atoms with Crippen molar-refractivity contribution in [3.05, 3.63) is 29.6 Å². The first-order valence-electron chi connectivity index (χ1n) is 9.09. The van der Waals surface area contributed by atoms with E-state index < -0.39 is 5.60 Å². The zero-order valence-corrected chi connectivity index (χ0v) is 15.3. The zero-order chi connectivity index (χ0) is 18.0. The van der Waals surface area contributed by atoms with E-state index in [1.807, 2.05) is 25.7 Å². The van der Waals surface area contributed by atoms with Crippen LogP contribution in [0.5, 0.6) is 0 Å². The molecule has 1 aromatic heterocycles. The van der Waals surface area contributed by atoms with Crippen LogP contribution >= 0.6 is 0 Å². The van der Waals surface area contributed by atoms with Crippen molar-refractivity contribution in [2.75, 3.05) is 26.2 Å². The van der Waals surface area contributed by atoms with Crippen LogP contribution in [0.1, 0.15) is 49.0 Å². The molecule has 1 aromatic rings. The van der Waals surface area contributed by atoms with Gasteiger partial charge in [0.25, 0.3) is 11.8 Å². The van der Waals surface area contributed by atoms with Crippen LogP contribution in [0.2, 0.25) is 0 Å². The maximum atomic E-state index is 13.2. The van der Waals surface area contributed by atoms with Crippen molar-refractivity contribution in [2.24, 2.45) is 0 Å². The predicted octanol–water partition coefficient (Wildman–Crippen LogP) is 2.02. The second-order valence-corrected chi connectivity index (χ2v) is 7.31. The molecule has 2 aliphatic rings. The van der Waals surface area contributed by atoms with Gasteiger partial charge in [-0.2, -0.15) is 0 Å². The lowest BCUT2D eigenvalue weighted by atomic mass is 9.93. The third kappa shape index (κ3) is 3.40. The largest absolute Gasteiger partial charge is 0.361 e. The van der Waals surface area contributed by atoms with Gasteiger partial charge in [-0.1, -0.05) is 0 Å². The molecular weight excluding hydrogens is 318 g/mol. The molecule has 2 saturated heterocycles. The van der Waals surface area contributed by atoms with Crippen LogP contribution < -0.4 is 0 Å². The molecule has 3 heterocycles. The SMILES string of the molecule is Cc1cnccc1C(=O)N1CCOC2(CCCCN(C(C)C)C2=O)C1. The average Bonchev–Trinajstić information content (AvgIpc) is 2.75. The molecule has 1 spiro atoms. The number of hydrogen-bond acceptors (Lipinski definition) is 4. The fourth-order valence-corrected chi connectivity index (χ4v) is 3.78. The van der Waals surface area contributed by atoms with Gasteiger partial charge in [-0.25, -0.2) is 0 Å². The molecule has 0 N–H and O–H groups in total. The summed E-state index contributed by atoms with van der Waals surface area (Å²) in [5.41, 5.74) is 0.605. The molecule has 0 aromatic carbocycles. The summed E-state index contributed by atoms with van der Waals surface area (Å²) in [6.07, 6.45) is 5.92. The molecule has 2 amide bonds. The van der Waals surface area contributed by atoms with Crippen molar-refractivity contribution < 1.29 is 14.3 Å². The minimum Gasteiger partial charge on any atom is -0.361 e. The molecule has 0 radical (unpaired) electrons. The maximum absolute atomic E-state index is 13.2. The third-order valence-corrected chi connectivity index (χ3v) is 5.23. The quantitative estimate of drug-likeness (QED) is 0.823. The van der Waals surface area contributed by atoms with Gasteiger partial charge in [0.15, 0.2) is 5.60 Å². The minimum absolute atomic E-state index is 0.0314. The second kappa shape index (κ2) is 7.12. The normalized spacial score (nSPS) is 24.7. The minimum atomic E-state index is -0.893. The first kappa shape index (κ1) is 17.9. The predicted molar refractivity (Wildman–Crippen MR) is 94.3 cm³/mol. The lowest BCUT2D eigenvalue weighted by Gasteiger charge is -2.43. The van der Waals surface area contributed by atoms with Crippen LogP contribution in [-0.4, -0.2) is 64.5 Å². The Morgan fingerprint density at radius 2 is 2.12 bits per heavy atom. The number of pyridine rings is 1. The van der Waals surface area contributed by atoms with Crippen LogP contribution in [0.3, 0.4) is 0 Å². The Labute approximate surface area is 149 Å². The van der Waals surface area contributed by atoms with Gasteiger partial charge in [0, 0.05) is 37.1 Å². The van der Waals surface area contributed by atoms with E-state index in [1.165, 1.54) is 0 Å². The maximum Gasteiger partial charge on any atom is 0.256 e. The van der Waals surface area contributed by atoms with Crippen molar-refractivity contribution >= 4 is 11.8 Å². The van der Waals surface area contributed by atoms with Gasteiger partial charge in [-0.05, 0) is 51.7 Å². The monoisotopic (exact) mass is 345 g/mol. The second-order valence-electron chi connectivity index (χ2n) is 7.31. The molecule has 1 unspecified atom stereocenters. The van der Waals surface area contributed by atoms with E-state index >= 15 is 0 Å². The molecule has 0 aliphatic carbocycles. The van der Waals surface area contributed by atoms with Crippen molar-refractivity contribution in [3.63, 3.8) is 0 Å². The summed E-state index contributed by atoms with van der Waals surface area (Å²) in [6.45, 7) is 7.94. The smallest absolute Gasteiger partial charge is 0.256 e. The Hall–Kier alpha value is -1.95. The van der Waals surface area contributed by atoms with Crippen LogP contribution in [0, 0.1) is 6.92 Å². The summed E-state index contributed by atoms with van der Waals surface area (Å²) in [4.78, 5) is 33.9. The Morgan fingerprint density at radius 1 is 1.32 bits per heavy atom. The molecule has 0 saturated carbocycles. The standard InChI is InChI=1S/C19H27N3O3/c1-14(2)22-9-5-4-7-19(18(22)24)13-21(10-11-25-19)17(23)16-6-8-20-12-15(16)3/h6,8,12,14H,4-5,7,9-11,13H2,1-3H3. The topological polar surface area (TPSA) is 62.7 Å². The van der Waals surface area contributed by atoms with E-state index in [0.29, 0.717) is 31.7 Å². The Bertz CT molecular complexity index is 661. The van der Waals surface area contributed by atoms with Crippen molar-refractivity contribution in [3.8, 4) is 0 Å². The van der Waals surface area contributed by atoms with E-state index in [-0.39, 0.29) is 17.9 Å². The molecule has 0 bridgehead atoms. The Balaban J connectivity index is 1.85. The first-order chi connectivity index (χ1) is 11.9. The van der Waals surface area contributed by atoms with Gasteiger partial charge in [0.1, 0.15) is 0 Å². The summed E-state index contributed by atoms with van der Waals surface area (Å²) in [5, 5.41) is 0. The number of aryl methyl sites for hydroxylation is 1. The molecule has 136 valence electrons. The molecule has 2 fully saturated rings. The number of carbonyl (C=O) groups excluding carboxylic acids is 2. The lowest BCUT2D eigenvalue weighted by Crippen LogP contribution is -2.61. The van der Waals surface area contributed by atoms with Crippen molar-refractivity contribution in [1.29, 1.82) is 0 Å². The molecule has 2 aliphatic heterocycles. The van der Waals surface area contributed by atoms with Gasteiger partial charge in [0.05, 0.1) is 13.2 Å². The highest BCUT2D eigenvalue weighted by Crippen LogP contribution is 2.31. The Kier molecular flexibility index (Phi) is 5.08. The summed E-state index contributed by atoms with van der Waals surface area (Å²) in [6, 6.07) is 1.88. The highest BCUT2D eigenvalue weighted by molar-refractivity contribution is 5.96. The van der Waals surface area contributed by atoms with Gasteiger partial charge in [-0.15, -0.1) is 0 Å². The zero-order valence-electron chi connectivity index (χ0n) is 15.3. The van der Waals surface area contributed by atoms with Crippen molar-refractivity contribution in [1.82, 2.24) is 14.8 Å². The third-order valence-electron chi connectivity index (χ3n) is 5.23. The number of aromatic nitrogens is 1. The number of amides is 2. The highest BCUT2D eigenvalue weighted by Gasteiger charge is 2.48. The Morgan fingerprint density at radius 3 is 2.84 bits per heavy atom. The summed E-state index contributed by atoms with van der Waals surface area (Å²) >= 11 is 0. The number of likely N-dealkylation sites (tertiary alicyclic amines) is 1. The number of hydrogen-bond donors (Lipinski definition) is 0. The van der Waals surface area contributed by atoms with E-state index in [1.54, 1.807) is 23.4 Å². The van der Waals surface area contributed by atoms with Gasteiger partial charge < -0.3 is 14.5 Å². The van der Waals surface area contributed by atoms with Gasteiger partial charge >= 0.3 is 0 Å². The van der Waals surface area contributed by atoms with Gasteiger partial charge in [0.2, 0.25) is 0 Å². The van der Waals surface area contributed by atoms with Crippen LogP contribution in [0.25, 0.3) is 0 Å². The number of morpholine rings is 1. The molecule has 3 rings (SSSR count). The van der Waals surface area contributed by atoms with Gasteiger partial charge in [-0.3, -0.25) is 14.6 Å². The lowest BCUT2D eigenvalue weighted by molar-refractivity contribution is -0.169. The van der Waals surface area contributed by atoms with Crippen molar-refractivity contribution in [2.45, 2.75) is 51.7 Å². The number of carbonyl (C=O) groups is 2. The molecular formula is C19H27N3O3. The van der Waals surface area contributed by atoms with Crippen LogP contribution in [-0.2, 0) is 9.53 Å².